The van der Waals surface area contributed by atoms with Crippen LogP contribution in [0, 0.1) is 0 Å². The van der Waals surface area contributed by atoms with Crippen molar-refractivity contribution in [3.8, 4) is 5.75 Å². The van der Waals surface area contributed by atoms with Crippen molar-refractivity contribution >= 4 is 28.7 Å². The van der Waals surface area contributed by atoms with Gasteiger partial charge in [0.2, 0.25) is 5.78 Å². The largest absolute Gasteiger partial charge is 0.503 e. The minimum atomic E-state index is -0.751. The van der Waals surface area contributed by atoms with E-state index in [1.165, 1.54) is 16.2 Å². The van der Waals surface area contributed by atoms with Crippen molar-refractivity contribution in [2.75, 3.05) is 12.0 Å². The number of methoxy groups -OCH3 is 1. The third-order valence-electron chi connectivity index (χ3n) is 4.57. The van der Waals surface area contributed by atoms with Gasteiger partial charge in [0, 0.05) is 18.1 Å². The van der Waals surface area contributed by atoms with Crippen LogP contribution in [0.5, 0.6) is 5.75 Å². The lowest BCUT2D eigenvalue weighted by Gasteiger charge is -2.26. The molecular formula is C21H16N2O4S. The van der Waals surface area contributed by atoms with Crippen LogP contribution in [0.2, 0.25) is 0 Å². The average Bonchev–Trinajstić information content (AvgIpc) is 3.36. The first-order valence-electron chi connectivity index (χ1n) is 8.50. The van der Waals surface area contributed by atoms with Gasteiger partial charge in [0.05, 0.1) is 23.6 Å². The molecule has 140 valence electrons. The number of nitrogens with zero attached hydrogens (tertiary/aromatic N) is 2. The van der Waals surface area contributed by atoms with E-state index in [0.29, 0.717) is 21.9 Å². The van der Waals surface area contributed by atoms with Crippen LogP contribution >= 0.6 is 11.3 Å². The van der Waals surface area contributed by atoms with Gasteiger partial charge in [-0.05, 0) is 53.4 Å². The first-order chi connectivity index (χ1) is 13.6. The molecule has 3 aromatic rings. The van der Waals surface area contributed by atoms with Gasteiger partial charge in [0.1, 0.15) is 5.75 Å². The lowest BCUT2D eigenvalue weighted by atomic mass is 9.96. The number of ketones is 1. The number of carbonyl (C=O) groups is 2. The molecule has 1 amide bonds. The highest BCUT2D eigenvalue weighted by Crippen LogP contribution is 2.42. The number of carbonyl (C=O) groups excluding carboxylic acids is 2. The maximum absolute atomic E-state index is 13.1. The molecule has 4 rings (SSSR count). The van der Waals surface area contributed by atoms with Crippen molar-refractivity contribution < 1.29 is 19.4 Å². The van der Waals surface area contributed by atoms with Gasteiger partial charge >= 0.3 is 0 Å². The van der Waals surface area contributed by atoms with Gasteiger partial charge in [-0.1, -0.05) is 6.07 Å². The maximum atomic E-state index is 13.1. The topological polar surface area (TPSA) is 79.7 Å². The number of amides is 1. The second kappa shape index (κ2) is 7.28. The number of hydrogen-bond donors (Lipinski definition) is 1. The van der Waals surface area contributed by atoms with Crippen molar-refractivity contribution in [3.05, 3.63) is 88.1 Å². The Labute approximate surface area is 165 Å². The summed E-state index contributed by atoms with van der Waals surface area (Å²) < 4.78 is 5.18. The smallest absolute Gasteiger partial charge is 0.294 e. The number of rotatable bonds is 5. The lowest BCUT2D eigenvalue weighted by molar-refractivity contribution is -0.117. The fourth-order valence-electron chi connectivity index (χ4n) is 3.25. The number of ether oxygens (including phenoxy) is 1. The van der Waals surface area contributed by atoms with E-state index in [0.717, 1.165) is 0 Å². The van der Waals surface area contributed by atoms with Crippen molar-refractivity contribution in [3.63, 3.8) is 0 Å². The molecule has 1 N–H and O–H groups in total. The summed E-state index contributed by atoms with van der Waals surface area (Å²) in [6.07, 6.45) is 3.18. The third kappa shape index (κ3) is 2.95. The van der Waals surface area contributed by atoms with Crippen molar-refractivity contribution in [1.82, 2.24) is 4.98 Å². The fourth-order valence-corrected chi connectivity index (χ4v) is 3.93. The van der Waals surface area contributed by atoms with Crippen molar-refractivity contribution in [2.24, 2.45) is 0 Å². The molecule has 0 aliphatic carbocycles. The number of Topliss-reactive ketones (excluding diaryl/α,β-unsaturated/α-hetero) is 1. The minimum Gasteiger partial charge on any atom is -0.503 e. The Bertz CT molecular complexity index is 1040. The van der Waals surface area contributed by atoms with Gasteiger partial charge in [-0.2, -0.15) is 0 Å². The number of benzene rings is 1. The highest BCUT2D eigenvalue weighted by Gasteiger charge is 2.44. The molecule has 0 saturated carbocycles. The van der Waals surface area contributed by atoms with Crippen LogP contribution < -0.4 is 9.64 Å². The van der Waals surface area contributed by atoms with E-state index in [-0.39, 0.29) is 11.4 Å². The molecule has 0 radical (unpaired) electrons. The van der Waals surface area contributed by atoms with Gasteiger partial charge < -0.3 is 9.84 Å². The van der Waals surface area contributed by atoms with Crippen LogP contribution in [0.3, 0.4) is 0 Å². The van der Waals surface area contributed by atoms with E-state index in [2.05, 4.69) is 4.98 Å². The Kier molecular flexibility index (Phi) is 4.67. The highest BCUT2D eigenvalue weighted by molar-refractivity contribution is 7.12. The van der Waals surface area contributed by atoms with Crippen LogP contribution in [0.25, 0.3) is 0 Å². The zero-order valence-electron chi connectivity index (χ0n) is 14.9. The molecule has 7 heteroatoms. The molecule has 3 heterocycles. The zero-order valence-corrected chi connectivity index (χ0v) is 15.7. The normalized spacial score (nSPS) is 16.5. The van der Waals surface area contributed by atoms with Crippen molar-refractivity contribution in [2.45, 2.75) is 6.04 Å². The number of aliphatic hydroxyl groups excluding tert-OH is 1. The van der Waals surface area contributed by atoms with Gasteiger partial charge in [-0.3, -0.25) is 19.5 Å². The molecule has 2 aromatic heterocycles. The molecule has 0 bridgehead atoms. The van der Waals surface area contributed by atoms with Gasteiger partial charge in [0.15, 0.2) is 5.76 Å². The number of hydrogen-bond acceptors (Lipinski definition) is 6. The summed E-state index contributed by atoms with van der Waals surface area (Å²) in [5.41, 5.74) is 1.30. The van der Waals surface area contributed by atoms with E-state index in [9.17, 15) is 14.7 Å². The van der Waals surface area contributed by atoms with E-state index in [4.69, 9.17) is 4.74 Å². The number of pyridine rings is 1. The molecule has 0 fully saturated rings. The average molecular weight is 392 g/mol. The number of aliphatic hydroxyl groups is 1. The van der Waals surface area contributed by atoms with Crippen LogP contribution in [-0.2, 0) is 4.79 Å². The molecule has 0 saturated heterocycles. The summed E-state index contributed by atoms with van der Waals surface area (Å²) in [7, 11) is 1.56. The van der Waals surface area contributed by atoms with Crippen LogP contribution in [-0.4, -0.2) is 28.9 Å². The van der Waals surface area contributed by atoms with E-state index in [1.54, 1.807) is 73.4 Å². The molecule has 1 atom stereocenters. The lowest BCUT2D eigenvalue weighted by Crippen LogP contribution is -2.31. The monoisotopic (exact) mass is 392 g/mol. The van der Waals surface area contributed by atoms with E-state index >= 15 is 0 Å². The number of thiophene rings is 1. The first kappa shape index (κ1) is 17.9. The fraction of sp³-hybridized carbons (Fsp3) is 0.0952. The highest BCUT2D eigenvalue weighted by atomic mass is 32.1. The molecule has 1 unspecified atom stereocenters. The molecular weight excluding hydrogens is 376 g/mol. The SMILES string of the molecule is COc1ccc(N2C(=O)C(O)=C(C(=O)c3cccs3)C2c2ccncc2)cc1. The van der Waals surface area contributed by atoms with E-state index < -0.39 is 17.7 Å². The quantitative estimate of drug-likeness (QED) is 0.666. The summed E-state index contributed by atoms with van der Waals surface area (Å²) in [5, 5.41) is 12.4. The molecule has 28 heavy (non-hydrogen) atoms. The predicted octanol–water partition coefficient (Wildman–Crippen LogP) is 3.93. The summed E-state index contributed by atoms with van der Waals surface area (Å²) in [5.74, 6) is -0.871. The standard InChI is InChI=1S/C21H16N2O4S/c1-27-15-6-4-14(5-7-15)23-18(13-8-10-22-11-9-13)17(20(25)21(23)26)19(24)16-3-2-12-28-16/h2-12,18,25H,1H3. The van der Waals surface area contributed by atoms with Gasteiger partial charge in [-0.15, -0.1) is 11.3 Å². The van der Waals surface area contributed by atoms with Crippen LogP contribution in [0.1, 0.15) is 21.3 Å². The second-order valence-corrected chi connectivity index (χ2v) is 7.07. The Balaban J connectivity index is 1.85. The van der Waals surface area contributed by atoms with Crippen molar-refractivity contribution in [1.29, 1.82) is 0 Å². The first-order valence-corrected chi connectivity index (χ1v) is 9.38. The zero-order chi connectivity index (χ0) is 19.7. The molecule has 0 spiro atoms. The van der Waals surface area contributed by atoms with Gasteiger partial charge in [0.25, 0.3) is 5.91 Å². The Morgan fingerprint density at radius 3 is 2.46 bits per heavy atom. The minimum absolute atomic E-state index is 0.0643. The Morgan fingerprint density at radius 2 is 1.86 bits per heavy atom. The summed E-state index contributed by atoms with van der Waals surface area (Å²) in [4.78, 5) is 32.0. The predicted molar refractivity (Wildman–Crippen MR) is 106 cm³/mol. The Hall–Kier alpha value is -3.45. The van der Waals surface area contributed by atoms with Gasteiger partial charge in [-0.25, -0.2) is 0 Å². The summed E-state index contributed by atoms with van der Waals surface area (Å²) in [6, 6.07) is 13.0. The molecule has 6 nitrogen and oxygen atoms in total. The third-order valence-corrected chi connectivity index (χ3v) is 5.44. The Morgan fingerprint density at radius 1 is 1.14 bits per heavy atom. The second-order valence-electron chi connectivity index (χ2n) is 6.12. The summed E-state index contributed by atoms with van der Waals surface area (Å²) >= 11 is 1.27. The maximum Gasteiger partial charge on any atom is 0.294 e. The van der Waals surface area contributed by atoms with E-state index in [1.807, 2.05) is 0 Å². The number of aromatic nitrogens is 1. The van der Waals surface area contributed by atoms with Crippen LogP contribution in [0.15, 0.2) is 77.6 Å². The molecule has 1 aliphatic heterocycles. The number of anilines is 1. The van der Waals surface area contributed by atoms with Crippen LogP contribution in [0.4, 0.5) is 5.69 Å². The summed E-state index contributed by atoms with van der Waals surface area (Å²) in [6.45, 7) is 0. The molecule has 1 aliphatic rings. The molecule has 1 aromatic carbocycles.